The molecule has 0 bridgehead atoms. The van der Waals surface area contributed by atoms with E-state index in [2.05, 4.69) is 60.0 Å². The van der Waals surface area contributed by atoms with E-state index in [1.165, 1.54) is 5.57 Å². The molecule has 3 aromatic rings. The van der Waals surface area contributed by atoms with Crippen molar-refractivity contribution in [2.75, 3.05) is 26.2 Å². The molecule has 7 heteroatoms. The van der Waals surface area contributed by atoms with Gasteiger partial charge in [-0.3, -0.25) is 9.59 Å². The molecule has 3 aliphatic rings. The SMILES string of the molecule is CC(C)/C=C\C1=CC(C(=O)N2CC3CN(C(=O)c4cccc(-c5nc6ccccc6[nH]5)n4)CC3C2)=CCC1C. The number of benzene rings is 1. The van der Waals surface area contributed by atoms with Crippen molar-refractivity contribution >= 4 is 22.8 Å². The summed E-state index contributed by atoms with van der Waals surface area (Å²) in [5.74, 6) is 2.20. The Morgan fingerprint density at radius 3 is 2.38 bits per heavy atom. The molecular formula is C32H35N5O2. The first-order chi connectivity index (χ1) is 18.9. The number of hydrogen-bond acceptors (Lipinski definition) is 4. The summed E-state index contributed by atoms with van der Waals surface area (Å²) < 4.78 is 0. The fraction of sp³-hybridized carbons (Fsp3) is 0.375. The Bertz CT molecular complexity index is 1470. The lowest BCUT2D eigenvalue weighted by atomic mass is 9.88. The number of carbonyl (C=O) groups is 2. The summed E-state index contributed by atoms with van der Waals surface area (Å²) in [6, 6.07) is 13.3. The molecule has 0 radical (unpaired) electrons. The first-order valence-electron chi connectivity index (χ1n) is 14.0. The highest BCUT2D eigenvalue weighted by Crippen LogP contribution is 2.34. The van der Waals surface area contributed by atoms with E-state index < -0.39 is 0 Å². The molecule has 1 aromatic carbocycles. The number of rotatable bonds is 5. The minimum Gasteiger partial charge on any atom is -0.338 e. The number of likely N-dealkylation sites (tertiary alicyclic amines) is 2. The molecule has 3 atom stereocenters. The summed E-state index contributed by atoms with van der Waals surface area (Å²) in [4.78, 5) is 43.2. The van der Waals surface area contributed by atoms with Gasteiger partial charge in [0.2, 0.25) is 0 Å². The van der Waals surface area contributed by atoms with E-state index in [9.17, 15) is 9.59 Å². The van der Waals surface area contributed by atoms with Crippen LogP contribution in [0, 0.1) is 23.7 Å². The fourth-order valence-electron chi connectivity index (χ4n) is 5.91. The minimum absolute atomic E-state index is 0.0614. The number of H-pyrrole nitrogens is 1. The number of pyridine rings is 1. The van der Waals surface area contributed by atoms with Crippen LogP contribution in [0.15, 0.2) is 77.9 Å². The largest absolute Gasteiger partial charge is 0.338 e. The maximum Gasteiger partial charge on any atom is 0.272 e. The van der Waals surface area contributed by atoms with E-state index in [-0.39, 0.29) is 11.8 Å². The van der Waals surface area contributed by atoms with Gasteiger partial charge in [-0.25, -0.2) is 9.97 Å². The van der Waals surface area contributed by atoms with Crippen LogP contribution >= 0.6 is 0 Å². The normalized spacial score (nSPS) is 23.0. The number of amides is 2. The third-order valence-corrected chi connectivity index (χ3v) is 8.16. The Labute approximate surface area is 229 Å². The third kappa shape index (κ3) is 5.05. The first-order valence-corrected chi connectivity index (χ1v) is 14.0. The van der Waals surface area contributed by atoms with Crippen molar-refractivity contribution in [1.29, 1.82) is 0 Å². The summed E-state index contributed by atoms with van der Waals surface area (Å²) in [7, 11) is 0. The van der Waals surface area contributed by atoms with Gasteiger partial charge >= 0.3 is 0 Å². The van der Waals surface area contributed by atoms with Crippen LogP contribution in [-0.4, -0.2) is 62.7 Å². The van der Waals surface area contributed by atoms with Crippen LogP contribution in [0.1, 0.15) is 37.7 Å². The van der Waals surface area contributed by atoms with Crippen molar-refractivity contribution < 1.29 is 9.59 Å². The second-order valence-electron chi connectivity index (χ2n) is 11.5. The van der Waals surface area contributed by atoms with Gasteiger partial charge in [0.25, 0.3) is 11.8 Å². The molecule has 2 saturated heterocycles. The third-order valence-electron chi connectivity index (χ3n) is 8.16. The number of aromatic nitrogens is 3. The Morgan fingerprint density at radius 1 is 0.949 bits per heavy atom. The molecule has 2 amide bonds. The van der Waals surface area contributed by atoms with E-state index in [1.54, 1.807) is 6.07 Å². The zero-order chi connectivity index (χ0) is 27.1. The highest BCUT2D eigenvalue weighted by Gasteiger charge is 2.43. The number of hydrogen-bond donors (Lipinski definition) is 1. The number of allylic oxidation sites excluding steroid dienone is 4. The molecule has 200 valence electrons. The van der Waals surface area contributed by atoms with Crippen molar-refractivity contribution in [2.45, 2.75) is 27.2 Å². The van der Waals surface area contributed by atoms with Crippen LogP contribution in [0.4, 0.5) is 0 Å². The van der Waals surface area contributed by atoms with Gasteiger partial charge in [0.15, 0.2) is 5.82 Å². The number of fused-ring (bicyclic) bond motifs is 2. The predicted octanol–water partition coefficient (Wildman–Crippen LogP) is 5.26. The van der Waals surface area contributed by atoms with Gasteiger partial charge in [-0.15, -0.1) is 0 Å². The molecule has 7 nitrogen and oxygen atoms in total. The van der Waals surface area contributed by atoms with E-state index in [4.69, 9.17) is 0 Å². The standard InChI is InChI=1S/C32H35N5O2/c1-20(2)11-13-22-15-23(14-12-21(22)3)31(38)36-16-24-18-37(19-25(24)17-36)32(39)29-10-6-9-28(33-29)30-34-26-7-4-5-8-27(26)35-30/h4-11,13-15,20-21,24-25H,12,16-19H2,1-3H3,(H,34,35)/b13-11-. The number of carbonyl (C=O) groups excluding carboxylic acids is 2. The summed E-state index contributed by atoms with van der Waals surface area (Å²) >= 11 is 0. The van der Waals surface area contributed by atoms with Crippen molar-refractivity contribution in [3.8, 4) is 11.5 Å². The predicted molar refractivity (Wildman–Crippen MR) is 153 cm³/mol. The topological polar surface area (TPSA) is 82.2 Å². The summed E-state index contributed by atoms with van der Waals surface area (Å²) in [6.45, 7) is 9.22. The zero-order valence-electron chi connectivity index (χ0n) is 22.8. The van der Waals surface area contributed by atoms with E-state index in [0.29, 0.717) is 67.1 Å². The number of nitrogens with zero attached hydrogens (tertiary/aromatic N) is 4. The average molecular weight is 522 g/mol. The lowest BCUT2D eigenvalue weighted by Crippen LogP contribution is -2.36. The highest BCUT2D eigenvalue weighted by molar-refractivity contribution is 5.97. The van der Waals surface area contributed by atoms with Crippen molar-refractivity contribution in [1.82, 2.24) is 24.8 Å². The Kier molecular flexibility index (Phi) is 6.67. The Hall–Kier alpha value is -4.00. The summed E-state index contributed by atoms with van der Waals surface area (Å²) in [6.07, 6.45) is 9.42. The van der Waals surface area contributed by atoms with E-state index in [1.807, 2.05) is 46.2 Å². The smallest absolute Gasteiger partial charge is 0.272 e. The van der Waals surface area contributed by atoms with E-state index in [0.717, 1.165) is 23.0 Å². The molecule has 1 aliphatic carbocycles. The molecule has 2 aromatic heterocycles. The number of para-hydroxylation sites is 2. The lowest BCUT2D eigenvalue weighted by Gasteiger charge is -2.24. The van der Waals surface area contributed by atoms with Crippen LogP contribution in [0.2, 0.25) is 0 Å². The first kappa shape index (κ1) is 25.3. The molecule has 2 aliphatic heterocycles. The molecule has 1 N–H and O–H groups in total. The van der Waals surface area contributed by atoms with Crippen LogP contribution in [0.25, 0.3) is 22.6 Å². The van der Waals surface area contributed by atoms with Crippen molar-refractivity contribution in [2.24, 2.45) is 23.7 Å². The summed E-state index contributed by atoms with van der Waals surface area (Å²) in [5, 5.41) is 0. The average Bonchev–Trinajstić information content (AvgIpc) is 3.65. The molecule has 4 heterocycles. The van der Waals surface area contributed by atoms with Gasteiger partial charge in [0.05, 0.1) is 11.0 Å². The molecule has 39 heavy (non-hydrogen) atoms. The van der Waals surface area contributed by atoms with Gasteiger partial charge < -0.3 is 14.8 Å². The zero-order valence-corrected chi connectivity index (χ0v) is 22.8. The monoisotopic (exact) mass is 521 g/mol. The van der Waals surface area contributed by atoms with Gasteiger partial charge in [-0.1, -0.05) is 57.2 Å². The fourth-order valence-corrected chi connectivity index (χ4v) is 5.91. The number of nitrogens with one attached hydrogen (secondary N) is 1. The van der Waals surface area contributed by atoms with Gasteiger partial charge in [-0.05, 0) is 54.2 Å². The molecule has 0 spiro atoms. The molecule has 0 saturated carbocycles. The molecule has 3 unspecified atom stereocenters. The van der Waals surface area contributed by atoms with Gasteiger partial charge in [0, 0.05) is 43.6 Å². The molecule has 2 fully saturated rings. The van der Waals surface area contributed by atoms with Crippen molar-refractivity contribution in [3.05, 3.63) is 83.6 Å². The number of aromatic amines is 1. The number of imidazole rings is 1. The maximum atomic E-state index is 13.4. The molecular weight excluding hydrogens is 486 g/mol. The van der Waals surface area contributed by atoms with Crippen LogP contribution in [-0.2, 0) is 4.79 Å². The van der Waals surface area contributed by atoms with Crippen LogP contribution in [0.5, 0.6) is 0 Å². The lowest BCUT2D eigenvalue weighted by molar-refractivity contribution is -0.126. The Morgan fingerprint density at radius 2 is 1.67 bits per heavy atom. The van der Waals surface area contributed by atoms with Gasteiger partial charge in [0.1, 0.15) is 11.4 Å². The quantitative estimate of drug-likeness (QED) is 0.497. The van der Waals surface area contributed by atoms with Gasteiger partial charge in [-0.2, -0.15) is 0 Å². The second kappa shape index (κ2) is 10.3. The van der Waals surface area contributed by atoms with E-state index >= 15 is 0 Å². The second-order valence-corrected chi connectivity index (χ2v) is 11.5. The minimum atomic E-state index is -0.0614. The summed E-state index contributed by atoms with van der Waals surface area (Å²) in [5.41, 5.74) is 4.91. The maximum absolute atomic E-state index is 13.4. The van der Waals surface area contributed by atoms with Crippen LogP contribution < -0.4 is 0 Å². The van der Waals surface area contributed by atoms with Crippen LogP contribution in [0.3, 0.4) is 0 Å². The van der Waals surface area contributed by atoms with Crippen molar-refractivity contribution in [3.63, 3.8) is 0 Å². The molecule has 6 rings (SSSR count). The Balaban J connectivity index is 1.10. The highest BCUT2D eigenvalue weighted by atomic mass is 16.2.